The number of amides is 1. The fourth-order valence-electron chi connectivity index (χ4n) is 2.86. The van der Waals surface area contributed by atoms with Crippen molar-refractivity contribution in [2.24, 2.45) is 0 Å². The van der Waals surface area contributed by atoms with E-state index in [2.05, 4.69) is 10.3 Å². The predicted molar refractivity (Wildman–Crippen MR) is 106 cm³/mol. The molecule has 11 heteroatoms. The van der Waals surface area contributed by atoms with E-state index in [1.54, 1.807) is 19.1 Å². The van der Waals surface area contributed by atoms with Crippen LogP contribution in [0.2, 0.25) is 0 Å². The fourth-order valence-corrected chi connectivity index (χ4v) is 3.40. The molecule has 2 heterocycles. The van der Waals surface area contributed by atoms with E-state index >= 15 is 0 Å². The number of aromatic nitrogens is 3. The molecular weight excluding hydrogens is 421 g/mol. The smallest absolute Gasteiger partial charge is 0.446 e. The van der Waals surface area contributed by atoms with Gasteiger partial charge in [-0.15, -0.1) is 0 Å². The molecule has 0 aliphatic carbocycles. The van der Waals surface area contributed by atoms with Gasteiger partial charge in [-0.2, -0.15) is 13.2 Å². The number of thioether (sulfide) groups is 1. The molecule has 3 rings (SSSR count). The lowest BCUT2D eigenvalue weighted by Gasteiger charge is -2.07. The Hall–Kier alpha value is -3.21. The lowest BCUT2D eigenvalue weighted by molar-refractivity contribution is -0.114. The highest BCUT2D eigenvalue weighted by Crippen LogP contribution is 2.37. The number of aromatic hydroxyl groups is 1. The van der Waals surface area contributed by atoms with Gasteiger partial charge in [-0.1, -0.05) is 0 Å². The Labute approximate surface area is 173 Å². The summed E-state index contributed by atoms with van der Waals surface area (Å²) in [5.41, 5.74) is -3.79. The Morgan fingerprint density at radius 2 is 1.90 bits per heavy atom. The van der Waals surface area contributed by atoms with E-state index in [1.165, 1.54) is 42.0 Å². The van der Waals surface area contributed by atoms with Crippen LogP contribution in [0, 0.1) is 6.92 Å². The molecule has 0 fully saturated rings. The third-order valence-electron chi connectivity index (χ3n) is 4.16. The largest absolute Gasteiger partial charge is 0.493 e. The van der Waals surface area contributed by atoms with Crippen LogP contribution in [-0.2, 0) is 11.3 Å². The predicted octanol–water partition coefficient (Wildman–Crippen LogP) is 3.67. The molecule has 0 saturated carbocycles. The van der Waals surface area contributed by atoms with Gasteiger partial charge >= 0.3 is 11.2 Å². The van der Waals surface area contributed by atoms with Crippen molar-refractivity contribution >= 4 is 23.5 Å². The van der Waals surface area contributed by atoms with Gasteiger partial charge in [0.05, 0.1) is 17.9 Å². The third kappa shape index (κ3) is 4.85. The molecule has 0 saturated heterocycles. The summed E-state index contributed by atoms with van der Waals surface area (Å²) in [5.74, 6) is -0.275. The van der Waals surface area contributed by atoms with Crippen molar-refractivity contribution in [3.63, 3.8) is 0 Å². The molecule has 0 aliphatic heterocycles. The molecule has 0 radical (unpaired) electrons. The molecule has 1 amide bonds. The van der Waals surface area contributed by atoms with E-state index in [9.17, 15) is 27.9 Å². The van der Waals surface area contributed by atoms with Crippen LogP contribution >= 0.6 is 11.8 Å². The van der Waals surface area contributed by atoms with Crippen LogP contribution in [0.4, 0.5) is 19.0 Å². The van der Waals surface area contributed by atoms with Gasteiger partial charge in [0.25, 0.3) is 0 Å². The lowest BCUT2D eigenvalue weighted by atomic mass is 10.2. The number of halogens is 3. The van der Waals surface area contributed by atoms with E-state index in [1.807, 2.05) is 0 Å². The van der Waals surface area contributed by atoms with Crippen LogP contribution in [0.1, 0.15) is 18.2 Å². The maximum absolute atomic E-state index is 12.9. The Morgan fingerprint density at radius 3 is 2.50 bits per heavy atom. The second kappa shape index (κ2) is 8.27. The van der Waals surface area contributed by atoms with E-state index in [0.29, 0.717) is 11.4 Å². The second-order valence-corrected chi connectivity index (χ2v) is 7.52. The van der Waals surface area contributed by atoms with E-state index in [4.69, 9.17) is 0 Å². The van der Waals surface area contributed by atoms with E-state index in [0.717, 1.165) is 4.57 Å². The molecule has 0 bridgehead atoms. The number of carbonyl (C=O) groups is 1. The molecule has 3 aromatic rings. The minimum Gasteiger partial charge on any atom is -0.493 e. The van der Waals surface area contributed by atoms with Gasteiger partial charge in [0, 0.05) is 18.0 Å². The number of nitrogens with zero attached hydrogens (tertiary/aromatic N) is 3. The van der Waals surface area contributed by atoms with Gasteiger partial charge in [0.1, 0.15) is 5.82 Å². The van der Waals surface area contributed by atoms with Gasteiger partial charge in [0.2, 0.25) is 11.8 Å². The summed E-state index contributed by atoms with van der Waals surface area (Å²) in [4.78, 5) is 28.1. The van der Waals surface area contributed by atoms with Gasteiger partial charge in [-0.25, -0.2) is 14.3 Å². The lowest BCUT2D eigenvalue weighted by Crippen LogP contribution is -2.24. The number of benzene rings is 1. The number of rotatable bonds is 5. The summed E-state index contributed by atoms with van der Waals surface area (Å²) in [7, 11) is 0. The van der Waals surface area contributed by atoms with Crippen LogP contribution in [0.25, 0.3) is 5.69 Å². The molecule has 0 aliphatic rings. The molecule has 30 heavy (non-hydrogen) atoms. The number of alkyl halides is 3. The minimum absolute atomic E-state index is 0.0303. The van der Waals surface area contributed by atoms with Gasteiger partial charge in [0.15, 0.2) is 0 Å². The highest BCUT2D eigenvalue weighted by molar-refractivity contribution is 8.00. The summed E-state index contributed by atoms with van der Waals surface area (Å²) in [5, 5.41) is 13.0. The first kappa shape index (κ1) is 21.5. The number of nitrogens with one attached hydrogen (secondary N) is 1. The zero-order valence-electron chi connectivity index (χ0n) is 15.9. The number of carbonyl (C=O) groups excluding carboxylic acids is 1. The molecular formula is C19H17F3N4O3S. The first-order valence-electron chi connectivity index (χ1n) is 8.65. The molecule has 0 atom stereocenters. The molecule has 158 valence electrons. The van der Waals surface area contributed by atoms with Gasteiger partial charge < -0.3 is 10.4 Å². The Morgan fingerprint density at radius 1 is 1.23 bits per heavy atom. The van der Waals surface area contributed by atoms with Crippen LogP contribution < -0.4 is 11.0 Å². The minimum atomic E-state index is -4.42. The summed E-state index contributed by atoms with van der Waals surface area (Å²) >= 11 is -0.262. The summed E-state index contributed by atoms with van der Waals surface area (Å²) in [6.45, 7) is 3.00. The summed E-state index contributed by atoms with van der Waals surface area (Å²) in [6.07, 6.45) is 1.48. The first-order chi connectivity index (χ1) is 14.0. The fraction of sp³-hybridized carbons (Fsp3) is 0.211. The number of imidazole rings is 1. The standard InChI is InChI=1S/C19H17F3N4O3S/c1-11-17(28)26(14-3-5-15(6-4-14)30-19(20,21)22)18(29)25(11)10-13-7-8-23-16(9-13)24-12(2)27/h3-9,28H,10H2,1-2H3,(H,23,24,27). The summed E-state index contributed by atoms with van der Waals surface area (Å²) < 4.78 is 39.8. The molecule has 7 nitrogen and oxygen atoms in total. The molecule has 2 aromatic heterocycles. The molecule has 1 aromatic carbocycles. The average Bonchev–Trinajstić information content (AvgIpc) is 2.85. The van der Waals surface area contributed by atoms with Crippen molar-refractivity contribution in [3.05, 3.63) is 64.3 Å². The maximum atomic E-state index is 12.9. The van der Waals surface area contributed by atoms with Crippen molar-refractivity contribution in [2.45, 2.75) is 30.8 Å². The zero-order valence-corrected chi connectivity index (χ0v) is 16.7. The number of pyridine rings is 1. The van der Waals surface area contributed by atoms with Crippen molar-refractivity contribution < 1.29 is 23.1 Å². The average molecular weight is 438 g/mol. The van der Waals surface area contributed by atoms with Gasteiger partial charge in [-0.3, -0.25) is 9.36 Å². The maximum Gasteiger partial charge on any atom is 0.446 e. The van der Waals surface area contributed by atoms with Gasteiger partial charge in [-0.05, 0) is 60.6 Å². The van der Waals surface area contributed by atoms with Crippen molar-refractivity contribution in [2.75, 3.05) is 5.32 Å². The van der Waals surface area contributed by atoms with Crippen LogP contribution in [0.5, 0.6) is 5.88 Å². The number of hydrogen-bond donors (Lipinski definition) is 2. The van der Waals surface area contributed by atoms with Crippen molar-refractivity contribution in [1.82, 2.24) is 14.1 Å². The van der Waals surface area contributed by atoms with Crippen LogP contribution in [0.15, 0.2) is 52.3 Å². The monoisotopic (exact) mass is 438 g/mol. The first-order valence-corrected chi connectivity index (χ1v) is 9.46. The van der Waals surface area contributed by atoms with Crippen LogP contribution in [0.3, 0.4) is 0 Å². The van der Waals surface area contributed by atoms with E-state index < -0.39 is 11.2 Å². The second-order valence-electron chi connectivity index (χ2n) is 6.39. The zero-order chi connectivity index (χ0) is 22.1. The molecule has 0 unspecified atom stereocenters. The van der Waals surface area contributed by atoms with Crippen molar-refractivity contribution in [1.29, 1.82) is 0 Å². The Kier molecular flexibility index (Phi) is 5.92. The quantitative estimate of drug-likeness (QED) is 0.594. The SMILES string of the molecule is CC(=O)Nc1cc(Cn2c(C)c(O)n(-c3ccc(SC(F)(F)F)cc3)c2=O)ccn1. The normalized spacial score (nSPS) is 11.5. The number of hydrogen-bond acceptors (Lipinski definition) is 5. The molecule has 2 N–H and O–H groups in total. The Bertz CT molecular complexity index is 1140. The highest BCUT2D eigenvalue weighted by atomic mass is 32.2. The summed E-state index contributed by atoms with van der Waals surface area (Å²) in [6, 6.07) is 8.39. The van der Waals surface area contributed by atoms with Crippen LogP contribution in [-0.4, -0.2) is 30.6 Å². The third-order valence-corrected chi connectivity index (χ3v) is 4.90. The van der Waals surface area contributed by atoms with E-state index in [-0.39, 0.29) is 46.4 Å². The highest BCUT2D eigenvalue weighted by Gasteiger charge is 2.29. The Balaban J connectivity index is 1.92. The number of anilines is 1. The molecule has 0 spiro atoms. The topological polar surface area (TPSA) is 89.2 Å². The van der Waals surface area contributed by atoms with Crippen molar-refractivity contribution in [3.8, 4) is 11.6 Å².